The summed E-state index contributed by atoms with van der Waals surface area (Å²) in [7, 11) is 0. The molecule has 0 aliphatic rings. The van der Waals surface area contributed by atoms with Crippen molar-refractivity contribution in [3.05, 3.63) is 37.0 Å². The van der Waals surface area contributed by atoms with E-state index >= 15 is 0 Å². The van der Waals surface area contributed by atoms with E-state index in [-0.39, 0.29) is 0 Å². The molecular formula is C12H19. The standard InChI is InChI=1S/C12H19/c1-3-5-7-9-11-12-10-8-6-4-2/h1,3,5,7,9,11H,4,6,8,10,12H2,2H3/b3-1?,7-5+,11-9+. The van der Waals surface area contributed by atoms with E-state index in [9.17, 15) is 0 Å². The molecule has 67 valence electrons. The molecule has 0 aliphatic heterocycles. The van der Waals surface area contributed by atoms with Gasteiger partial charge >= 0.3 is 0 Å². The van der Waals surface area contributed by atoms with Gasteiger partial charge in [0.2, 0.25) is 0 Å². The summed E-state index contributed by atoms with van der Waals surface area (Å²) >= 11 is 0. The summed E-state index contributed by atoms with van der Waals surface area (Å²) in [6.45, 7) is 7.40. The van der Waals surface area contributed by atoms with Gasteiger partial charge in [-0.2, -0.15) is 0 Å². The third-order valence-electron chi connectivity index (χ3n) is 1.69. The SMILES string of the molecule is [CH]=C/C=C/C=C/CCCCCC. The third kappa shape index (κ3) is 9.22. The molecule has 0 heterocycles. The number of hydrogen-bond acceptors (Lipinski definition) is 0. The Morgan fingerprint density at radius 2 is 1.83 bits per heavy atom. The lowest BCUT2D eigenvalue weighted by molar-refractivity contribution is 0.674. The van der Waals surface area contributed by atoms with Gasteiger partial charge in [0.1, 0.15) is 0 Å². The van der Waals surface area contributed by atoms with Gasteiger partial charge in [-0.25, -0.2) is 0 Å². The fourth-order valence-electron chi connectivity index (χ4n) is 0.992. The average Bonchev–Trinajstić information content (AvgIpc) is 2.10. The molecule has 0 bridgehead atoms. The predicted molar refractivity (Wildman–Crippen MR) is 55.9 cm³/mol. The van der Waals surface area contributed by atoms with Crippen LogP contribution < -0.4 is 0 Å². The van der Waals surface area contributed by atoms with E-state index in [0.717, 1.165) is 0 Å². The van der Waals surface area contributed by atoms with Crippen molar-refractivity contribution in [1.82, 2.24) is 0 Å². The maximum absolute atomic E-state index is 5.16. The molecule has 0 aromatic carbocycles. The van der Waals surface area contributed by atoms with Crippen molar-refractivity contribution in [1.29, 1.82) is 0 Å². The molecule has 0 N–H and O–H groups in total. The van der Waals surface area contributed by atoms with E-state index in [1.54, 1.807) is 6.08 Å². The van der Waals surface area contributed by atoms with Gasteiger partial charge in [-0.05, 0) is 12.8 Å². The van der Waals surface area contributed by atoms with Gasteiger partial charge in [0, 0.05) is 0 Å². The maximum atomic E-state index is 5.16. The molecule has 0 atom stereocenters. The van der Waals surface area contributed by atoms with Crippen molar-refractivity contribution in [2.75, 3.05) is 0 Å². The lowest BCUT2D eigenvalue weighted by atomic mass is 10.1. The van der Waals surface area contributed by atoms with Crippen LogP contribution in [0.3, 0.4) is 0 Å². The van der Waals surface area contributed by atoms with Gasteiger partial charge in [0.05, 0.1) is 0 Å². The fraction of sp³-hybridized carbons (Fsp3) is 0.500. The van der Waals surface area contributed by atoms with Crippen LogP contribution in [-0.2, 0) is 0 Å². The molecule has 1 radical (unpaired) electrons. The molecule has 0 rings (SSSR count). The third-order valence-corrected chi connectivity index (χ3v) is 1.69. The van der Waals surface area contributed by atoms with E-state index in [2.05, 4.69) is 19.1 Å². The number of hydrogen-bond donors (Lipinski definition) is 0. The highest BCUT2D eigenvalue weighted by molar-refractivity contribution is 5.07. The molecule has 0 aromatic rings. The highest BCUT2D eigenvalue weighted by Gasteiger charge is 1.82. The Morgan fingerprint density at radius 1 is 1.00 bits per heavy atom. The van der Waals surface area contributed by atoms with Crippen LogP contribution >= 0.6 is 0 Å². The molecule has 0 aromatic heterocycles. The topological polar surface area (TPSA) is 0 Å². The Labute approximate surface area is 76.7 Å². The number of allylic oxidation sites excluding steroid dienone is 5. The lowest BCUT2D eigenvalue weighted by Gasteiger charge is -1.92. The first-order valence-electron chi connectivity index (χ1n) is 4.78. The van der Waals surface area contributed by atoms with Crippen molar-refractivity contribution in [3.63, 3.8) is 0 Å². The Hall–Kier alpha value is -0.780. The minimum Gasteiger partial charge on any atom is -0.0845 e. The van der Waals surface area contributed by atoms with Crippen LogP contribution in [0.1, 0.15) is 39.0 Å². The van der Waals surface area contributed by atoms with Gasteiger partial charge < -0.3 is 0 Å². The van der Waals surface area contributed by atoms with Crippen molar-refractivity contribution in [2.45, 2.75) is 39.0 Å². The summed E-state index contributed by atoms with van der Waals surface area (Å²) in [4.78, 5) is 0. The average molecular weight is 163 g/mol. The molecule has 0 saturated heterocycles. The smallest absolute Gasteiger partial charge is 0.0348 e. The van der Waals surface area contributed by atoms with E-state index in [4.69, 9.17) is 6.58 Å². The highest BCUT2D eigenvalue weighted by atomic mass is 13.9. The second-order valence-corrected chi connectivity index (χ2v) is 2.85. The van der Waals surface area contributed by atoms with Gasteiger partial charge in [0.15, 0.2) is 0 Å². The first-order valence-corrected chi connectivity index (χ1v) is 4.78. The summed E-state index contributed by atoms with van der Waals surface area (Å²) < 4.78 is 0. The first kappa shape index (κ1) is 11.2. The van der Waals surface area contributed by atoms with Crippen molar-refractivity contribution < 1.29 is 0 Å². The highest BCUT2D eigenvalue weighted by Crippen LogP contribution is 2.02. The van der Waals surface area contributed by atoms with Crippen molar-refractivity contribution in [2.24, 2.45) is 0 Å². The van der Waals surface area contributed by atoms with Gasteiger partial charge in [-0.3, -0.25) is 0 Å². The van der Waals surface area contributed by atoms with E-state index in [1.165, 1.54) is 32.1 Å². The molecule has 0 saturated carbocycles. The number of rotatable bonds is 7. The van der Waals surface area contributed by atoms with Crippen molar-refractivity contribution in [3.8, 4) is 0 Å². The largest absolute Gasteiger partial charge is 0.0845 e. The van der Waals surface area contributed by atoms with Crippen LogP contribution in [0.2, 0.25) is 0 Å². The molecule has 0 spiro atoms. The van der Waals surface area contributed by atoms with Gasteiger partial charge in [-0.1, -0.05) is 63.1 Å². The Kier molecular flexibility index (Phi) is 9.56. The number of unbranched alkanes of at least 4 members (excludes halogenated alkanes) is 4. The van der Waals surface area contributed by atoms with E-state index in [1.807, 2.05) is 12.2 Å². The van der Waals surface area contributed by atoms with E-state index in [0.29, 0.717) is 0 Å². The van der Waals surface area contributed by atoms with Crippen LogP contribution in [0.4, 0.5) is 0 Å². The van der Waals surface area contributed by atoms with Crippen LogP contribution in [0.25, 0.3) is 0 Å². The molecule has 12 heavy (non-hydrogen) atoms. The van der Waals surface area contributed by atoms with Crippen LogP contribution in [-0.4, -0.2) is 0 Å². The molecule has 0 fully saturated rings. The lowest BCUT2D eigenvalue weighted by Crippen LogP contribution is -1.72. The summed E-state index contributed by atoms with van der Waals surface area (Å²) in [5.74, 6) is 0. The zero-order valence-corrected chi connectivity index (χ0v) is 8.00. The van der Waals surface area contributed by atoms with Gasteiger partial charge in [-0.15, -0.1) is 0 Å². The van der Waals surface area contributed by atoms with Crippen LogP contribution in [0.5, 0.6) is 0 Å². The summed E-state index contributed by atoms with van der Waals surface area (Å²) in [5.41, 5.74) is 0. The normalized spacial score (nSPS) is 11.4. The minimum absolute atomic E-state index is 1.19. The summed E-state index contributed by atoms with van der Waals surface area (Å²) in [6.07, 6.45) is 16.1. The Morgan fingerprint density at radius 3 is 2.50 bits per heavy atom. The molecule has 0 aliphatic carbocycles. The minimum atomic E-state index is 1.19. The second kappa shape index (κ2) is 10.2. The molecule has 0 nitrogen and oxygen atoms in total. The maximum Gasteiger partial charge on any atom is -0.0348 e. The Bertz CT molecular complexity index is 140. The van der Waals surface area contributed by atoms with E-state index < -0.39 is 0 Å². The molecule has 0 heteroatoms. The van der Waals surface area contributed by atoms with Crippen LogP contribution in [0, 0.1) is 6.58 Å². The first-order chi connectivity index (χ1) is 5.91. The summed E-state index contributed by atoms with van der Waals surface area (Å²) in [6, 6.07) is 0. The zero-order valence-electron chi connectivity index (χ0n) is 8.00. The van der Waals surface area contributed by atoms with Crippen molar-refractivity contribution >= 4 is 0 Å². The molecule has 0 unspecified atom stereocenters. The molecular weight excluding hydrogens is 144 g/mol. The van der Waals surface area contributed by atoms with Crippen LogP contribution in [0.15, 0.2) is 30.4 Å². The Balaban J connectivity index is 3.13. The summed E-state index contributed by atoms with van der Waals surface area (Å²) in [5, 5.41) is 0. The predicted octanol–water partition coefficient (Wildman–Crippen LogP) is 4.06. The van der Waals surface area contributed by atoms with Gasteiger partial charge in [0.25, 0.3) is 0 Å². The molecule has 0 amide bonds. The fourth-order valence-corrected chi connectivity index (χ4v) is 0.992. The second-order valence-electron chi connectivity index (χ2n) is 2.85. The zero-order chi connectivity index (χ0) is 9.07. The quantitative estimate of drug-likeness (QED) is 0.392. The monoisotopic (exact) mass is 163 g/mol.